The molecule has 1 heterocycles. The van der Waals surface area contributed by atoms with Gasteiger partial charge in [0.2, 0.25) is 0 Å². The Labute approximate surface area is 103 Å². The summed E-state index contributed by atoms with van der Waals surface area (Å²) >= 11 is 0. The first kappa shape index (κ1) is 11.9. The molecule has 1 aliphatic rings. The molecule has 1 saturated carbocycles. The SMILES string of the molecule is CC1CC(C)CC(Nc2cccc(C#N)n2)C1. The van der Waals surface area contributed by atoms with Crippen LogP contribution in [-0.2, 0) is 0 Å². The summed E-state index contributed by atoms with van der Waals surface area (Å²) in [4.78, 5) is 4.26. The van der Waals surface area contributed by atoms with Crippen LogP contribution in [0.1, 0.15) is 38.8 Å². The predicted octanol–water partition coefficient (Wildman–Crippen LogP) is 3.19. The Balaban J connectivity index is 2.02. The van der Waals surface area contributed by atoms with Crippen molar-refractivity contribution in [3.05, 3.63) is 23.9 Å². The molecule has 0 amide bonds. The number of nitrogens with one attached hydrogen (secondary N) is 1. The van der Waals surface area contributed by atoms with Gasteiger partial charge in [0.1, 0.15) is 17.6 Å². The summed E-state index contributed by atoms with van der Waals surface area (Å²) in [5, 5.41) is 12.3. The number of aromatic nitrogens is 1. The monoisotopic (exact) mass is 229 g/mol. The number of nitrogens with zero attached hydrogens (tertiary/aromatic N) is 2. The first-order chi connectivity index (χ1) is 8.17. The lowest BCUT2D eigenvalue weighted by molar-refractivity contribution is 0.280. The molecular weight excluding hydrogens is 210 g/mol. The molecule has 2 unspecified atom stereocenters. The summed E-state index contributed by atoms with van der Waals surface area (Å²) in [7, 11) is 0. The minimum absolute atomic E-state index is 0.479. The zero-order valence-electron chi connectivity index (χ0n) is 10.5. The third kappa shape index (κ3) is 3.20. The lowest BCUT2D eigenvalue weighted by Crippen LogP contribution is -2.30. The van der Waals surface area contributed by atoms with E-state index in [-0.39, 0.29) is 0 Å². The van der Waals surface area contributed by atoms with Gasteiger partial charge in [-0.05, 0) is 43.2 Å². The van der Waals surface area contributed by atoms with E-state index in [4.69, 9.17) is 5.26 Å². The standard InChI is InChI=1S/C14H19N3/c1-10-6-11(2)8-13(7-10)17-14-5-3-4-12(9-15)16-14/h3-5,10-11,13H,6-8H2,1-2H3,(H,16,17). The topological polar surface area (TPSA) is 48.7 Å². The van der Waals surface area contributed by atoms with E-state index < -0.39 is 0 Å². The van der Waals surface area contributed by atoms with Crippen molar-refractivity contribution in [1.29, 1.82) is 5.26 Å². The first-order valence-corrected chi connectivity index (χ1v) is 6.31. The number of hydrogen-bond donors (Lipinski definition) is 1. The van der Waals surface area contributed by atoms with Gasteiger partial charge in [-0.2, -0.15) is 5.26 Å². The average Bonchev–Trinajstić information content (AvgIpc) is 2.28. The molecule has 17 heavy (non-hydrogen) atoms. The maximum absolute atomic E-state index is 8.81. The molecule has 3 heteroatoms. The van der Waals surface area contributed by atoms with E-state index in [1.165, 1.54) is 19.3 Å². The molecule has 1 N–H and O–H groups in total. The van der Waals surface area contributed by atoms with Crippen molar-refractivity contribution in [2.75, 3.05) is 5.32 Å². The van der Waals surface area contributed by atoms with Crippen LogP contribution in [0.15, 0.2) is 18.2 Å². The summed E-state index contributed by atoms with van der Waals surface area (Å²) in [6.45, 7) is 4.62. The molecule has 0 radical (unpaired) electrons. The fourth-order valence-electron chi connectivity index (χ4n) is 2.85. The second-order valence-electron chi connectivity index (χ2n) is 5.28. The summed E-state index contributed by atoms with van der Waals surface area (Å²) in [6, 6.07) is 8.11. The van der Waals surface area contributed by atoms with Gasteiger partial charge in [0, 0.05) is 6.04 Å². The molecule has 0 aromatic carbocycles. The Hall–Kier alpha value is -1.56. The fourth-order valence-corrected chi connectivity index (χ4v) is 2.85. The highest BCUT2D eigenvalue weighted by Gasteiger charge is 2.23. The fraction of sp³-hybridized carbons (Fsp3) is 0.571. The van der Waals surface area contributed by atoms with E-state index in [0.717, 1.165) is 17.7 Å². The number of nitriles is 1. The predicted molar refractivity (Wildman–Crippen MR) is 68.5 cm³/mol. The lowest BCUT2D eigenvalue weighted by Gasteiger charge is -2.32. The number of pyridine rings is 1. The van der Waals surface area contributed by atoms with Crippen LogP contribution in [0.3, 0.4) is 0 Å². The van der Waals surface area contributed by atoms with Gasteiger partial charge in [-0.1, -0.05) is 19.9 Å². The van der Waals surface area contributed by atoms with E-state index in [2.05, 4.69) is 30.2 Å². The van der Waals surface area contributed by atoms with Crippen molar-refractivity contribution >= 4 is 5.82 Å². The first-order valence-electron chi connectivity index (χ1n) is 6.31. The normalized spacial score (nSPS) is 28.4. The summed E-state index contributed by atoms with van der Waals surface area (Å²) in [6.07, 6.45) is 3.72. The molecule has 1 aliphatic carbocycles. The van der Waals surface area contributed by atoms with Gasteiger partial charge < -0.3 is 5.32 Å². The van der Waals surface area contributed by atoms with Crippen LogP contribution in [-0.4, -0.2) is 11.0 Å². The molecular formula is C14H19N3. The molecule has 2 rings (SSSR count). The number of anilines is 1. The van der Waals surface area contributed by atoms with Gasteiger partial charge in [-0.15, -0.1) is 0 Å². The molecule has 1 aromatic heterocycles. The van der Waals surface area contributed by atoms with E-state index >= 15 is 0 Å². The van der Waals surface area contributed by atoms with Crippen molar-refractivity contribution in [3.63, 3.8) is 0 Å². The second-order valence-corrected chi connectivity index (χ2v) is 5.28. The lowest BCUT2D eigenvalue weighted by atomic mass is 9.80. The van der Waals surface area contributed by atoms with E-state index in [0.29, 0.717) is 11.7 Å². The molecule has 0 bridgehead atoms. The Morgan fingerprint density at radius 3 is 2.59 bits per heavy atom. The van der Waals surface area contributed by atoms with Gasteiger partial charge in [0.05, 0.1) is 0 Å². The van der Waals surface area contributed by atoms with E-state index in [9.17, 15) is 0 Å². The number of rotatable bonds is 2. The molecule has 0 spiro atoms. The van der Waals surface area contributed by atoms with Crippen LogP contribution < -0.4 is 5.32 Å². The highest BCUT2D eigenvalue weighted by molar-refractivity contribution is 5.39. The third-order valence-electron chi connectivity index (χ3n) is 3.39. The Kier molecular flexibility index (Phi) is 3.63. The Bertz CT molecular complexity index is 412. The van der Waals surface area contributed by atoms with Crippen LogP contribution >= 0.6 is 0 Å². The van der Waals surface area contributed by atoms with E-state index in [1.54, 1.807) is 6.07 Å². The van der Waals surface area contributed by atoms with Crippen LogP contribution in [0.4, 0.5) is 5.82 Å². The third-order valence-corrected chi connectivity index (χ3v) is 3.39. The quantitative estimate of drug-likeness (QED) is 0.847. The van der Waals surface area contributed by atoms with E-state index in [1.807, 2.05) is 12.1 Å². The highest BCUT2D eigenvalue weighted by Crippen LogP contribution is 2.30. The van der Waals surface area contributed by atoms with Crippen LogP contribution in [0.5, 0.6) is 0 Å². The second kappa shape index (κ2) is 5.18. The van der Waals surface area contributed by atoms with Gasteiger partial charge in [-0.3, -0.25) is 0 Å². The van der Waals surface area contributed by atoms with Gasteiger partial charge in [0.25, 0.3) is 0 Å². The minimum Gasteiger partial charge on any atom is -0.367 e. The van der Waals surface area contributed by atoms with Crippen LogP contribution in [0.25, 0.3) is 0 Å². The van der Waals surface area contributed by atoms with Crippen molar-refractivity contribution in [1.82, 2.24) is 4.98 Å². The number of hydrogen-bond acceptors (Lipinski definition) is 3. The summed E-state index contributed by atoms with van der Waals surface area (Å²) < 4.78 is 0. The molecule has 2 atom stereocenters. The zero-order valence-corrected chi connectivity index (χ0v) is 10.5. The van der Waals surface area contributed by atoms with Crippen molar-refractivity contribution in [3.8, 4) is 6.07 Å². The van der Waals surface area contributed by atoms with Crippen molar-refractivity contribution < 1.29 is 0 Å². The molecule has 1 fully saturated rings. The Morgan fingerprint density at radius 1 is 1.24 bits per heavy atom. The molecule has 0 aliphatic heterocycles. The smallest absolute Gasteiger partial charge is 0.142 e. The van der Waals surface area contributed by atoms with Gasteiger partial charge in [-0.25, -0.2) is 4.98 Å². The Morgan fingerprint density at radius 2 is 1.94 bits per heavy atom. The summed E-state index contributed by atoms with van der Waals surface area (Å²) in [5.74, 6) is 2.38. The van der Waals surface area contributed by atoms with Crippen LogP contribution in [0, 0.1) is 23.2 Å². The largest absolute Gasteiger partial charge is 0.367 e. The molecule has 1 aromatic rings. The van der Waals surface area contributed by atoms with Crippen molar-refractivity contribution in [2.24, 2.45) is 11.8 Å². The highest BCUT2D eigenvalue weighted by atomic mass is 15.0. The minimum atomic E-state index is 0.479. The maximum Gasteiger partial charge on any atom is 0.142 e. The van der Waals surface area contributed by atoms with Gasteiger partial charge in [0.15, 0.2) is 0 Å². The van der Waals surface area contributed by atoms with Crippen LogP contribution in [0.2, 0.25) is 0 Å². The average molecular weight is 229 g/mol. The zero-order chi connectivity index (χ0) is 12.3. The summed E-state index contributed by atoms with van der Waals surface area (Å²) in [5.41, 5.74) is 0.479. The van der Waals surface area contributed by atoms with Gasteiger partial charge >= 0.3 is 0 Å². The molecule has 0 saturated heterocycles. The maximum atomic E-state index is 8.81. The molecule has 90 valence electrons. The molecule has 3 nitrogen and oxygen atoms in total. The van der Waals surface area contributed by atoms with Crippen molar-refractivity contribution in [2.45, 2.75) is 39.2 Å².